The number of aromatic nitrogens is 2. The van der Waals surface area contributed by atoms with Crippen molar-refractivity contribution in [2.24, 2.45) is 0 Å². The number of rotatable bonds is 2. The van der Waals surface area contributed by atoms with Crippen molar-refractivity contribution in [3.63, 3.8) is 0 Å². The Kier molecular flexibility index (Phi) is 4.50. The first-order chi connectivity index (χ1) is 13.0. The van der Waals surface area contributed by atoms with Crippen molar-refractivity contribution in [1.82, 2.24) is 14.9 Å². The van der Waals surface area contributed by atoms with Crippen molar-refractivity contribution in [2.45, 2.75) is 65.0 Å². The van der Waals surface area contributed by atoms with Crippen molar-refractivity contribution >= 4 is 11.7 Å². The highest BCUT2D eigenvalue weighted by Gasteiger charge is 2.41. The number of fused-ring (bicyclic) bond motifs is 3. The lowest BCUT2D eigenvalue weighted by atomic mass is 9.98. The van der Waals surface area contributed by atoms with Gasteiger partial charge in [0.05, 0.1) is 5.69 Å². The van der Waals surface area contributed by atoms with Gasteiger partial charge in [-0.1, -0.05) is 13.0 Å². The predicted molar refractivity (Wildman–Crippen MR) is 105 cm³/mol. The molecule has 27 heavy (non-hydrogen) atoms. The van der Waals surface area contributed by atoms with Crippen LogP contribution in [0.1, 0.15) is 48.0 Å². The number of anilines is 1. The van der Waals surface area contributed by atoms with Gasteiger partial charge in [-0.2, -0.15) is 0 Å². The molecular weight excluding hydrogens is 340 g/mol. The van der Waals surface area contributed by atoms with Gasteiger partial charge in [0.25, 0.3) is 5.56 Å². The summed E-state index contributed by atoms with van der Waals surface area (Å²) in [5.74, 6) is 0.725. The molecule has 1 aromatic carbocycles. The predicted octanol–water partition coefficient (Wildman–Crippen LogP) is 3.11. The SMILES string of the molecule is CCc1nc2c(c(=O)[nH]1)C[C@H]1CC[C@@H](C2)N1C(=O)Nc1ccc(C)c(C)c1. The Bertz CT molecular complexity index is 950. The second-order valence-electron chi connectivity index (χ2n) is 7.72. The highest BCUT2D eigenvalue weighted by Crippen LogP contribution is 2.33. The van der Waals surface area contributed by atoms with E-state index in [-0.39, 0.29) is 23.7 Å². The smallest absolute Gasteiger partial charge is 0.318 e. The maximum Gasteiger partial charge on any atom is 0.322 e. The number of hydrogen-bond donors (Lipinski definition) is 2. The minimum Gasteiger partial charge on any atom is -0.318 e. The van der Waals surface area contributed by atoms with Crippen molar-refractivity contribution < 1.29 is 4.79 Å². The molecule has 0 aliphatic carbocycles. The fourth-order valence-electron chi connectivity index (χ4n) is 4.30. The molecule has 4 rings (SSSR count). The highest BCUT2D eigenvalue weighted by atomic mass is 16.2. The summed E-state index contributed by atoms with van der Waals surface area (Å²) in [6.45, 7) is 6.08. The van der Waals surface area contributed by atoms with Crippen LogP contribution in [-0.4, -0.2) is 33.0 Å². The number of benzene rings is 1. The van der Waals surface area contributed by atoms with Gasteiger partial charge in [0.1, 0.15) is 5.82 Å². The first-order valence-electron chi connectivity index (χ1n) is 9.73. The van der Waals surface area contributed by atoms with E-state index in [1.807, 2.05) is 36.9 Å². The van der Waals surface area contributed by atoms with Gasteiger partial charge >= 0.3 is 6.03 Å². The van der Waals surface area contributed by atoms with Crippen molar-refractivity contribution in [3.05, 3.63) is 56.8 Å². The summed E-state index contributed by atoms with van der Waals surface area (Å²) in [7, 11) is 0. The van der Waals surface area contributed by atoms with E-state index in [4.69, 9.17) is 0 Å². The number of nitrogens with zero attached hydrogens (tertiary/aromatic N) is 2. The van der Waals surface area contributed by atoms with Crippen LogP contribution in [0.4, 0.5) is 10.5 Å². The van der Waals surface area contributed by atoms with Crippen molar-refractivity contribution in [3.8, 4) is 0 Å². The Hall–Kier alpha value is -2.63. The van der Waals surface area contributed by atoms with E-state index in [2.05, 4.69) is 22.2 Å². The van der Waals surface area contributed by atoms with Gasteiger partial charge in [0, 0.05) is 42.6 Å². The molecule has 2 aromatic rings. The van der Waals surface area contributed by atoms with Gasteiger partial charge in [0.2, 0.25) is 0 Å². The normalized spacial score (nSPS) is 20.9. The first-order valence-corrected chi connectivity index (χ1v) is 9.73. The summed E-state index contributed by atoms with van der Waals surface area (Å²) in [5, 5.41) is 3.05. The summed E-state index contributed by atoms with van der Waals surface area (Å²) in [5.41, 5.74) is 4.75. The Balaban J connectivity index is 1.60. The summed E-state index contributed by atoms with van der Waals surface area (Å²) in [6.07, 6.45) is 3.83. The van der Waals surface area contributed by atoms with E-state index >= 15 is 0 Å². The number of urea groups is 1. The number of carbonyl (C=O) groups excluding carboxylic acids is 1. The van der Waals surface area contributed by atoms with Crippen LogP contribution in [0.2, 0.25) is 0 Å². The molecular formula is C21H26N4O2. The van der Waals surface area contributed by atoms with E-state index in [1.54, 1.807) is 0 Å². The molecule has 2 bridgehead atoms. The molecule has 0 unspecified atom stereocenters. The third kappa shape index (κ3) is 3.24. The average molecular weight is 366 g/mol. The number of nitrogens with one attached hydrogen (secondary N) is 2. The summed E-state index contributed by atoms with van der Waals surface area (Å²) >= 11 is 0. The topological polar surface area (TPSA) is 78.1 Å². The quantitative estimate of drug-likeness (QED) is 0.857. The highest BCUT2D eigenvalue weighted by molar-refractivity contribution is 5.90. The zero-order chi connectivity index (χ0) is 19.1. The van der Waals surface area contributed by atoms with Gasteiger partial charge in [-0.25, -0.2) is 9.78 Å². The lowest BCUT2D eigenvalue weighted by molar-refractivity contribution is 0.187. The van der Waals surface area contributed by atoms with Gasteiger partial charge in [0.15, 0.2) is 0 Å². The average Bonchev–Trinajstić information content (AvgIpc) is 2.93. The second-order valence-corrected chi connectivity index (χ2v) is 7.72. The second kappa shape index (κ2) is 6.83. The van der Waals surface area contributed by atoms with E-state index in [9.17, 15) is 9.59 Å². The molecule has 2 N–H and O–H groups in total. The molecule has 6 nitrogen and oxygen atoms in total. The molecule has 6 heteroatoms. The Morgan fingerprint density at radius 1 is 1.22 bits per heavy atom. The maximum absolute atomic E-state index is 13.0. The van der Waals surface area contributed by atoms with Crippen LogP contribution in [0, 0.1) is 13.8 Å². The standard InChI is InChI=1S/C21H26N4O2/c1-4-19-23-18-11-16-8-7-15(10-17(18)20(26)24-19)25(16)21(27)22-14-6-5-12(2)13(3)9-14/h5-6,9,15-16H,4,7-8,10-11H2,1-3H3,(H,22,27)(H,23,24,26)/t15-,16+/m1/s1. The molecule has 1 aromatic heterocycles. The fraction of sp³-hybridized carbons (Fsp3) is 0.476. The summed E-state index contributed by atoms with van der Waals surface area (Å²) in [6, 6.07) is 6.04. The zero-order valence-electron chi connectivity index (χ0n) is 16.1. The molecule has 0 radical (unpaired) electrons. The molecule has 3 heterocycles. The van der Waals surface area contributed by atoms with Crippen LogP contribution in [-0.2, 0) is 19.3 Å². The van der Waals surface area contributed by atoms with Crippen LogP contribution in [0.15, 0.2) is 23.0 Å². The van der Waals surface area contributed by atoms with Crippen LogP contribution in [0.5, 0.6) is 0 Å². The number of aryl methyl sites for hydroxylation is 3. The van der Waals surface area contributed by atoms with Crippen LogP contribution in [0.25, 0.3) is 0 Å². The third-order valence-electron chi connectivity index (χ3n) is 5.97. The van der Waals surface area contributed by atoms with Gasteiger partial charge in [-0.15, -0.1) is 0 Å². The monoisotopic (exact) mass is 366 g/mol. The number of H-pyrrole nitrogens is 1. The Morgan fingerprint density at radius 3 is 2.67 bits per heavy atom. The lowest BCUT2D eigenvalue weighted by Crippen LogP contribution is -2.44. The molecule has 2 aliphatic heterocycles. The Morgan fingerprint density at radius 2 is 1.96 bits per heavy atom. The minimum absolute atomic E-state index is 0.0427. The largest absolute Gasteiger partial charge is 0.322 e. The number of amides is 2. The lowest BCUT2D eigenvalue weighted by Gasteiger charge is -2.28. The summed E-state index contributed by atoms with van der Waals surface area (Å²) < 4.78 is 0. The zero-order valence-corrected chi connectivity index (χ0v) is 16.1. The molecule has 1 saturated heterocycles. The van der Waals surface area contributed by atoms with E-state index in [0.29, 0.717) is 19.3 Å². The van der Waals surface area contributed by atoms with Crippen LogP contribution in [0.3, 0.4) is 0 Å². The molecule has 2 atom stereocenters. The van der Waals surface area contributed by atoms with Crippen LogP contribution >= 0.6 is 0 Å². The molecule has 2 aliphatic rings. The van der Waals surface area contributed by atoms with E-state index < -0.39 is 0 Å². The van der Waals surface area contributed by atoms with Gasteiger partial charge in [-0.3, -0.25) is 4.79 Å². The van der Waals surface area contributed by atoms with Crippen molar-refractivity contribution in [2.75, 3.05) is 5.32 Å². The van der Waals surface area contributed by atoms with E-state index in [1.165, 1.54) is 5.56 Å². The van der Waals surface area contributed by atoms with Crippen molar-refractivity contribution in [1.29, 1.82) is 0 Å². The molecule has 1 fully saturated rings. The Labute approximate surface area is 159 Å². The minimum atomic E-state index is -0.0781. The molecule has 2 amide bonds. The number of carbonyl (C=O) groups is 1. The van der Waals surface area contributed by atoms with E-state index in [0.717, 1.165) is 41.2 Å². The fourth-order valence-corrected chi connectivity index (χ4v) is 4.30. The van der Waals surface area contributed by atoms with Crippen LogP contribution < -0.4 is 10.9 Å². The number of aromatic amines is 1. The summed E-state index contributed by atoms with van der Waals surface area (Å²) in [4.78, 5) is 35.0. The third-order valence-corrected chi connectivity index (χ3v) is 5.97. The molecule has 0 spiro atoms. The molecule has 0 saturated carbocycles. The van der Waals surface area contributed by atoms with Gasteiger partial charge in [-0.05, 0) is 49.9 Å². The first kappa shape index (κ1) is 17.8. The maximum atomic E-state index is 13.0. The molecule has 142 valence electrons. The number of hydrogen-bond acceptors (Lipinski definition) is 3. The van der Waals surface area contributed by atoms with Gasteiger partial charge < -0.3 is 15.2 Å².